The smallest absolute Gasteiger partial charge is 0.408 e. The van der Waals surface area contributed by atoms with E-state index in [4.69, 9.17) is 4.74 Å². The third-order valence-electron chi connectivity index (χ3n) is 7.33. The highest BCUT2D eigenvalue weighted by atomic mass is 16.6. The molecule has 0 aromatic heterocycles. The summed E-state index contributed by atoms with van der Waals surface area (Å²) in [7, 11) is 0. The van der Waals surface area contributed by atoms with E-state index in [9.17, 15) is 14.4 Å². The normalized spacial score (nSPS) is 12.9. The number of carbonyl (C=O) groups is 3. The minimum Gasteiger partial charge on any atom is -0.444 e. The van der Waals surface area contributed by atoms with Crippen LogP contribution in [0, 0.1) is 19.8 Å². The Hall–Kier alpha value is -3.35. The maximum absolute atomic E-state index is 14.5. The van der Waals surface area contributed by atoms with Gasteiger partial charge in [0.05, 0.1) is 0 Å². The van der Waals surface area contributed by atoms with Gasteiger partial charge in [-0.1, -0.05) is 107 Å². The van der Waals surface area contributed by atoms with Crippen LogP contribution in [0.2, 0.25) is 0 Å². The van der Waals surface area contributed by atoms with Gasteiger partial charge in [0.2, 0.25) is 11.8 Å². The lowest BCUT2D eigenvalue weighted by molar-refractivity contribution is -0.143. The molecule has 0 aliphatic carbocycles. The van der Waals surface area contributed by atoms with Crippen LogP contribution < -0.4 is 10.6 Å². The predicted molar refractivity (Wildman–Crippen MR) is 175 cm³/mol. The number of nitrogens with zero attached hydrogens (tertiary/aromatic N) is 1. The lowest BCUT2D eigenvalue weighted by Gasteiger charge is -2.35. The minimum atomic E-state index is -0.846. The van der Waals surface area contributed by atoms with Crippen molar-refractivity contribution in [2.75, 3.05) is 6.54 Å². The summed E-state index contributed by atoms with van der Waals surface area (Å²) in [5.41, 5.74) is 3.02. The summed E-state index contributed by atoms with van der Waals surface area (Å²) in [4.78, 5) is 43.2. The van der Waals surface area contributed by atoms with Gasteiger partial charge >= 0.3 is 6.09 Å². The molecule has 0 fully saturated rings. The SMILES string of the molecule is CCCCCCCCN(C(=O)C(CC(C)C)NC(=O)OC(C)(C)C)C(C(=O)NCc1ccccc1)c1cc(C)ccc1C. The van der Waals surface area contributed by atoms with Crippen molar-refractivity contribution in [3.63, 3.8) is 0 Å². The Labute approximate surface area is 260 Å². The molecule has 0 heterocycles. The van der Waals surface area contributed by atoms with Crippen LogP contribution in [0.4, 0.5) is 4.79 Å². The quantitative estimate of drug-likeness (QED) is 0.195. The van der Waals surface area contributed by atoms with Crippen LogP contribution >= 0.6 is 0 Å². The molecule has 0 spiro atoms. The van der Waals surface area contributed by atoms with Crippen molar-refractivity contribution in [3.8, 4) is 0 Å². The van der Waals surface area contributed by atoms with Gasteiger partial charge in [0.15, 0.2) is 0 Å². The van der Waals surface area contributed by atoms with E-state index < -0.39 is 23.8 Å². The summed E-state index contributed by atoms with van der Waals surface area (Å²) >= 11 is 0. The number of aryl methyl sites for hydroxylation is 2. The Morgan fingerprint density at radius 2 is 1.56 bits per heavy atom. The van der Waals surface area contributed by atoms with Crippen molar-refractivity contribution in [3.05, 3.63) is 70.8 Å². The molecule has 0 bridgehead atoms. The van der Waals surface area contributed by atoms with Gasteiger partial charge in [-0.15, -0.1) is 0 Å². The van der Waals surface area contributed by atoms with E-state index in [0.717, 1.165) is 54.4 Å². The summed E-state index contributed by atoms with van der Waals surface area (Å²) < 4.78 is 5.53. The summed E-state index contributed by atoms with van der Waals surface area (Å²) in [6.07, 6.45) is 6.10. The van der Waals surface area contributed by atoms with Crippen LogP contribution in [0.15, 0.2) is 48.5 Å². The molecule has 2 aromatic rings. The largest absolute Gasteiger partial charge is 0.444 e. The molecule has 2 aromatic carbocycles. The maximum atomic E-state index is 14.5. The highest BCUT2D eigenvalue weighted by Gasteiger charge is 2.37. The van der Waals surface area contributed by atoms with Crippen molar-refractivity contribution in [1.82, 2.24) is 15.5 Å². The standard InChI is InChI=1S/C36H55N3O4/c1-9-10-11-12-13-17-22-39(34(41)31(23-26(2)3)38-35(42)43-36(6,7)8)32(30-24-27(4)20-21-28(30)5)33(40)37-25-29-18-15-14-16-19-29/h14-16,18-21,24,26,31-32H,9-13,17,22-23,25H2,1-8H3,(H,37,40)(H,38,42). The Morgan fingerprint density at radius 1 is 0.907 bits per heavy atom. The van der Waals surface area contributed by atoms with Gasteiger partial charge in [-0.05, 0) is 70.1 Å². The van der Waals surface area contributed by atoms with Gasteiger partial charge in [-0.2, -0.15) is 0 Å². The van der Waals surface area contributed by atoms with E-state index in [1.165, 1.54) is 6.42 Å². The number of amides is 3. The van der Waals surface area contributed by atoms with Gasteiger partial charge in [0.25, 0.3) is 0 Å². The zero-order valence-electron chi connectivity index (χ0n) is 27.8. The van der Waals surface area contributed by atoms with E-state index in [1.807, 2.05) is 76.2 Å². The van der Waals surface area contributed by atoms with Crippen molar-refractivity contribution in [2.45, 2.75) is 125 Å². The molecule has 0 saturated heterocycles. The van der Waals surface area contributed by atoms with Crippen LogP contribution in [0.25, 0.3) is 0 Å². The molecule has 7 nitrogen and oxygen atoms in total. The van der Waals surface area contributed by atoms with Crippen molar-refractivity contribution in [2.24, 2.45) is 5.92 Å². The second-order valence-electron chi connectivity index (χ2n) is 13.1. The maximum Gasteiger partial charge on any atom is 0.408 e. The highest BCUT2D eigenvalue weighted by molar-refractivity contribution is 5.92. The van der Waals surface area contributed by atoms with Crippen molar-refractivity contribution in [1.29, 1.82) is 0 Å². The predicted octanol–water partition coefficient (Wildman–Crippen LogP) is 7.79. The van der Waals surface area contributed by atoms with E-state index in [0.29, 0.717) is 19.5 Å². The lowest BCUT2D eigenvalue weighted by Crippen LogP contribution is -2.53. The molecule has 3 amide bonds. The molecule has 43 heavy (non-hydrogen) atoms. The third kappa shape index (κ3) is 12.8. The van der Waals surface area contributed by atoms with Crippen molar-refractivity contribution < 1.29 is 19.1 Å². The summed E-state index contributed by atoms with van der Waals surface area (Å²) in [5.74, 6) is -0.378. The lowest BCUT2D eigenvalue weighted by atomic mass is 9.94. The number of unbranched alkanes of at least 4 members (excludes halogenated alkanes) is 5. The van der Waals surface area contributed by atoms with Crippen LogP contribution in [0.5, 0.6) is 0 Å². The number of hydrogen-bond acceptors (Lipinski definition) is 4. The Kier molecular flexibility index (Phi) is 14.7. The first-order valence-electron chi connectivity index (χ1n) is 16.0. The average molecular weight is 594 g/mol. The van der Waals surface area contributed by atoms with Gasteiger partial charge < -0.3 is 20.3 Å². The number of nitrogens with one attached hydrogen (secondary N) is 2. The van der Waals surface area contributed by atoms with Gasteiger partial charge in [0.1, 0.15) is 17.7 Å². The molecule has 238 valence electrons. The Morgan fingerprint density at radius 3 is 2.19 bits per heavy atom. The number of alkyl carbamates (subject to hydrolysis) is 1. The second-order valence-corrected chi connectivity index (χ2v) is 13.1. The zero-order chi connectivity index (χ0) is 32.0. The van der Waals surface area contributed by atoms with Crippen molar-refractivity contribution >= 4 is 17.9 Å². The number of hydrogen-bond donors (Lipinski definition) is 2. The van der Waals surface area contributed by atoms with Gasteiger partial charge in [-0.3, -0.25) is 9.59 Å². The minimum absolute atomic E-state index is 0.130. The molecular weight excluding hydrogens is 538 g/mol. The monoisotopic (exact) mass is 593 g/mol. The van der Waals surface area contributed by atoms with E-state index in [-0.39, 0.29) is 17.7 Å². The molecule has 0 saturated carbocycles. The number of benzene rings is 2. The van der Waals surface area contributed by atoms with Gasteiger partial charge in [-0.25, -0.2) is 4.79 Å². The number of carbonyl (C=O) groups excluding carboxylic acids is 3. The Balaban J connectivity index is 2.51. The average Bonchev–Trinajstić information content (AvgIpc) is 2.93. The third-order valence-corrected chi connectivity index (χ3v) is 7.33. The first kappa shape index (κ1) is 35.8. The molecular formula is C36H55N3O4. The summed E-state index contributed by atoms with van der Waals surface area (Å²) in [5, 5.41) is 5.95. The molecule has 2 unspecified atom stereocenters. The fourth-order valence-electron chi connectivity index (χ4n) is 5.16. The molecule has 2 atom stereocenters. The molecule has 2 N–H and O–H groups in total. The topological polar surface area (TPSA) is 87.7 Å². The number of rotatable bonds is 16. The fraction of sp³-hybridized carbons (Fsp3) is 0.583. The van der Waals surface area contributed by atoms with Crippen LogP contribution in [0.1, 0.15) is 115 Å². The van der Waals surface area contributed by atoms with E-state index >= 15 is 0 Å². The Bertz CT molecular complexity index is 1160. The molecule has 0 aliphatic rings. The number of ether oxygens (including phenoxy) is 1. The van der Waals surface area contributed by atoms with Crippen LogP contribution in [0.3, 0.4) is 0 Å². The molecule has 0 radical (unpaired) electrons. The molecule has 0 aliphatic heterocycles. The zero-order valence-corrected chi connectivity index (χ0v) is 27.8. The second kappa shape index (κ2) is 17.7. The van der Waals surface area contributed by atoms with E-state index in [1.54, 1.807) is 25.7 Å². The summed E-state index contributed by atoms with van der Waals surface area (Å²) in [6, 6.07) is 14.1. The summed E-state index contributed by atoms with van der Waals surface area (Å²) in [6.45, 7) is 16.3. The first-order valence-corrected chi connectivity index (χ1v) is 16.0. The highest BCUT2D eigenvalue weighted by Crippen LogP contribution is 2.28. The van der Waals surface area contributed by atoms with Gasteiger partial charge in [0, 0.05) is 13.1 Å². The fourth-order valence-corrected chi connectivity index (χ4v) is 5.16. The van der Waals surface area contributed by atoms with E-state index in [2.05, 4.69) is 17.6 Å². The molecule has 2 rings (SSSR count). The molecule has 7 heteroatoms. The van der Waals surface area contributed by atoms with Crippen LogP contribution in [-0.2, 0) is 20.9 Å². The first-order chi connectivity index (χ1) is 20.3. The van der Waals surface area contributed by atoms with Crippen LogP contribution in [-0.4, -0.2) is 41.0 Å².